The molecule has 1 atom stereocenters. The summed E-state index contributed by atoms with van der Waals surface area (Å²) in [6.07, 6.45) is 0. The Hall–Kier alpha value is -2.08. The number of rotatable bonds is 6. The molecular formula is C21H26ClN3O2. The predicted octanol–water partition coefficient (Wildman–Crippen LogP) is 3.07. The molecule has 27 heavy (non-hydrogen) atoms. The van der Waals surface area contributed by atoms with E-state index in [1.165, 1.54) is 0 Å². The Kier molecular flexibility index (Phi) is 6.72. The highest BCUT2D eigenvalue weighted by Crippen LogP contribution is 2.24. The van der Waals surface area contributed by atoms with Crippen molar-refractivity contribution in [1.82, 2.24) is 15.1 Å². The third kappa shape index (κ3) is 5.01. The van der Waals surface area contributed by atoms with Crippen LogP contribution in [0.3, 0.4) is 0 Å². The summed E-state index contributed by atoms with van der Waals surface area (Å²) in [5, 5.41) is 3.80. The molecule has 144 valence electrons. The van der Waals surface area contributed by atoms with Crippen molar-refractivity contribution in [3.8, 4) is 5.75 Å². The molecule has 0 aliphatic carbocycles. The van der Waals surface area contributed by atoms with E-state index in [-0.39, 0.29) is 11.9 Å². The summed E-state index contributed by atoms with van der Waals surface area (Å²) in [6.45, 7) is 4.50. The summed E-state index contributed by atoms with van der Waals surface area (Å²) >= 11 is 6.06. The second-order valence-corrected chi connectivity index (χ2v) is 7.25. The summed E-state index contributed by atoms with van der Waals surface area (Å²) in [6, 6.07) is 15.3. The van der Waals surface area contributed by atoms with Gasteiger partial charge >= 0.3 is 0 Å². The number of carbonyl (C=O) groups excluding carboxylic acids is 1. The smallest absolute Gasteiger partial charge is 0.255 e. The minimum Gasteiger partial charge on any atom is -0.496 e. The van der Waals surface area contributed by atoms with Gasteiger partial charge in [0.15, 0.2) is 0 Å². The second-order valence-electron chi connectivity index (χ2n) is 6.82. The minimum absolute atomic E-state index is 0.106. The first kappa shape index (κ1) is 19.7. The molecule has 1 heterocycles. The predicted molar refractivity (Wildman–Crippen MR) is 109 cm³/mol. The number of hydrogen-bond donors (Lipinski definition) is 1. The van der Waals surface area contributed by atoms with E-state index < -0.39 is 0 Å². The number of likely N-dealkylation sites (N-methyl/N-ethyl adjacent to an activating group) is 1. The molecule has 1 aliphatic heterocycles. The molecule has 1 saturated heterocycles. The molecular weight excluding hydrogens is 362 g/mol. The molecule has 0 spiro atoms. The van der Waals surface area contributed by atoms with Gasteiger partial charge in [-0.25, -0.2) is 0 Å². The van der Waals surface area contributed by atoms with Crippen LogP contribution in [0.25, 0.3) is 0 Å². The van der Waals surface area contributed by atoms with Crippen molar-refractivity contribution in [3.63, 3.8) is 0 Å². The highest BCUT2D eigenvalue weighted by atomic mass is 35.5. The van der Waals surface area contributed by atoms with Gasteiger partial charge < -0.3 is 15.0 Å². The Balaban J connectivity index is 1.75. The van der Waals surface area contributed by atoms with E-state index in [4.69, 9.17) is 16.3 Å². The van der Waals surface area contributed by atoms with E-state index in [9.17, 15) is 4.79 Å². The SMILES string of the molecule is COc1ccccc1C(=O)NCC(c1ccc(Cl)cc1)N1CCN(C)CC1. The van der Waals surface area contributed by atoms with Crippen molar-refractivity contribution in [1.29, 1.82) is 0 Å². The van der Waals surface area contributed by atoms with Gasteiger partial charge in [0.05, 0.1) is 18.7 Å². The molecule has 0 saturated carbocycles. The van der Waals surface area contributed by atoms with E-state index >= 15 is 0 Å². The van der Waals surface area contributed by atoms with Crippen molar-refractivity contribution in [2.24, 2.45) is 0 Å². The molecule has 1 unspecified atom stereocenters. The van der Waals surface area contributed by atoms with Crippen LogP contribution in [0.1, 0.15) is 22.0 Å². The average Bonchev–Trinajstić information content (AvgIpc) is 2.70. The van der Waals surface area contributed by atoms with Gasteiger partial charge in [0.1, 0.15) is 5.75 Å². The number of benzene rings is 2. The second kappa shape index (κ2) is 9.22. The molecule has 6 heteroatoms. The Morgan fingerprint density at radius 2 is 1.78 bits per heavy atom. The number of ether oxygens (including phenoxy) is 1. The Labute approximate surface area is 165 Å². The molecule has 1 aliphatic rings. The standard InChI is InChI=1S/C21H26ClN3O2/c1-24-11-13-25(14-12-24)19(16-7-9-17(22)10-8-16)15-23-21(26)18-5-3-4-6-20(18)27-2/h3-10,19H,11-15H2,1-2H3,(H,23,26). The molecule has 2 aromatic carbocycles. The van der Waals surface area contributed by atoms with E-state index in [0.29, 0.717) is 22.9 Å². The Morgan fingerprint density at radius 1 is 1.11 bits per heavy atom. The highest BCUT2D eigenvalue weighted by molar-refractivity contribution is 6.30. The van der Waals surface area contributed by atoms with Crippen molar-refractivity contribution in [3.05, 3.63) is 64.7 Å². The van der Waals surface area contributed by atoms with Crippen LogP contribution in [0.15, 0.2) is 48.5 Å². The van der Waals surface area contributed by atoms with E-state index in [0.717, 1.165) is 31.7 Å². The zero-order valence-electron chi connectivity index (χ0n) is 15.8. The molecule has 2 aromatic rings. The summed E-state index contributed by atoms with van der Waals surface area (Å²) < 4.78 is 5.31. The van der Waals surface area contributed by atoms with Crippen molar-refractivity contribution in [2.75, 3.05) is 46.9 Å². The van der Waals surface area contributed by atoms with Crippen molar-refractivity contribution >= 4 is 17.5 Å². The summed E-state index contributed by atoms with van der Waals surface area (Å²) in [4.78, 5) is 17.5. The zero-order chi connectivity index (χ0) is 19.2. The number of halogens is 1. The monoisotopic (exact) mass is 387 g/mol. The van der Waals surface area contributed by atoms with Crippen LogP contribution in [0, 0.1) is 0 Å². The first-order valence-corrected chi connectivity index (χ1v) is 9.55. The van der Waals surface area contributed by atoms with Gasteiger partial charge in [0.25, 0.3) is 5.91 Å². The van der Waals surface area contributed by atoms with Crippen molar-refractivity contribution < 1.29 is 9.53 Å². The lowest BCUT2D eigenvalue weighted by Gasteiger charge is -2.38. The topological polar surface area (TPSA) is 44.8 Å². The molecule has 5 nitrogen and oxygen atoms in total. The quantitative estimate of drug-likeness (QED) is 0.827. The molecule has 0 aromatic heterocycles. The molecule has 1 fully saturated rings. The maximum Gasteiger partial charge on any atom is 0.255 e. The number of amides is 1. The summed E-state index contributed by atoms with van der Waals surface area (Å²) in [5.74, 6) is 0.457. The summed E-state index contributed by atoms with van der Waals surface area (Å²) in [7, 11) is 3.71. The fourth-order valence-corrected chi connectivity index (χ4v) is 3.52. The van der Waals surface area contributed by atoms with Crippen LogP contribution in [0.5, 0.6) is 5.75 Å². The van der Waals surface area contributed by atoms with Crippen LogP contribution in [0.4, 0.5) is 0 Å². The van der Waals surface area contributed by atoms with Crippen LogP contribution >= 0.6 is 11.6 Å². The minimum atomic E-state index is -0.124. The van der Waals surface area contributed by atoms with Gasteiger partial charge in [-0.1, -0.05) is 35.9 Å². The average molecular weight is 388 g/mol. The number of methoxy groups -OCH3 is 1. The first-order valence-electron chi connectivity index (χ1n) is 9.17. The van der Waals surface area contributed by atoms with Crippen LogP contribution in [0.2, 0.25) is 5.02 Å². The van der Waals surface area contributed by atoms with E-state index in [1.54, 1.807) is 19.2 Å². The largest absolute Gasteiger partial charge is 0.496 e. The maximum atomic E-state index is 12.7. The van der Waals surface area contributed by atoms with Gasteiger partial charge in [0.2, 0.25) is 0 Å². The third-order valence-corrected chi connectivity index (χ3v) is 5.29. The van der Waals surface area contributed by atoms with Gasteiger partial charge in [-0.05, 0) is 36.9 Å². The lowest BCUT2D eigenvalue weighted by atomic mass is 10.0. The van der Waals surface area contributed by atoms with Gasteiger partial charge in [-0.3, -0.25) is 9.69 Å². The molecule has 1 N–H and O–H groups in total. The van der Waals surface area contributed by atoms with Gasteiger partial charge in [0, 0.05) is 37.7 Å². The normalized spacial score (nSPS) is 16.7. The number of hydrogen-bond acceptors (Lipinski definition) is 4. The Morgan fingerprint density at radius 3 is 2.44 bits per heavy atom. The van der Waals surface area contributed by atoms with E-state index in [2.05, 4.69) is 22.2 Å². The van der Waals surface area contributed by atoms with Crippen LogP contribution < -0.4 is 10.1 Å². The number of para-hydroxylation sites is 1. The van der Waals surface area contributed by atoms with Crippen molar-refractivity contribution in [2.45, 2.75) is 6.04 Å². The van der Waals surface area contributed by atoms with Gasteiger partial charge in [-0.15, -0.1) is 0 Å². The third-order valence-electron chi connectivity index (χ3n) is 5.04. The molecule has 0 radical (unpaired) electrons. The number of nitrogens with zero attached hydrogens (tertiary/aromatic N) is 2. The molecule has 3 rings (SSSR count). The number of piperazine rings is 1. The van der Waals surface area contributed by atoms with E-state index in [1.807, 2.05) is 36.4 Å². The first-order chi connectivity index (χ1) is 13.1. The Bertz CT molecular complexity index is 758. The fourth-order valence-electron chi connectivity index (χ4n) is 3.39. The number of nitrogens with one attached hydrogen (secondary N) is 1. The fraction of sp³-hybridized carbons (Fsp3) is 0.381. The maximum absolute atomic E-state index is 12.7. The lowest BCUT2D eigenvalue weighted by molar-refractivity contribution is 0.0883. The van der Waals surface area contributed by atoms with Crippen LogP contribution in [-0.4, -0.2) is 62.6 Å². The lowest BCUT2D eigenvalue weighted by Crippen LogP contribution is -2.48. The molecule has 0 bridgehead atoms. The number of carbonyl (C=O) groups is 1. The zero-order valence-corrected chi connectivity index (χ0v) is 16.6. The molecule has 1 amide bonds. The highest BCUT2D eigenvalue weighted by Gasteiger charge is 2.25. The summed E-state index contributed by atoms with van der Waals surface area (Å²) in [5.41, 5.74) is 1.71. The van der Waals surface area contributed by atoms with Crippen LogP contribution in [-0.2, 0) is 0 Å². The van der Waals surface area contributed by atoms with Gasteiger partial charge in [-0.2, -0.15) is 0 Å².